The number of nitrogens with one attached hydrogen (secondary N) is 1. The van der Waals surface area contributed by atoms with Crippen LogP contribution in [0.3, 0.4) is 0 Å². The van der Waals surface area contributed by atoms with Gasteiger partial charge in [-0.25, -0.2) is 0 Å². The van der Waals surface area contributed by atoms with Crippen molar-refractivity contribution < 1.29 is 9.18 Å². The topological polar surface area (TPSA) is 55.1 Å². The highest BCUT2D eigenvalue weighted by molar-refractivity contribution is 5.83. The molecule has 0 saturated heterocycles. The lowest BCUT2D eigenvalue weighted by molar-refractivity contribution is -0.139. The normalized spacial score (nSPS) is 40.3. The van der Waals surface area contributed by atoms with Crippen molar-refractivity contribution in [2.75, 3.05) is 13.2 Å². The van der Waals surface area contributed by atoms with Crippen LogP contribution in [-0.4, -0.2) is 25.2 Å². The largest absolute Gasteiger partial charge is 0.353 e. The molecule has 0 heterocycles. The van der Waals surface area contributed by atoms with Gasteiger partial charge in [0.25, 0.3) is 0 Å². The zero-order valence-electron chi connectivity index (χ0n) is 19.5. The van der Waals surface area contributed by atoms with E-state index < -0.39 is 0 Å². The van der Waals surface area contributed by atoms with Gasteiger partial charge in [0.2, 0.25) is 5.91 Å². The molecule has 4 heteroatoms. The summed E-state index contributed by atoms with van der Waals surface area (Å²) in [5, 5.41) is 3.44. The number of amides is 1. The maximum Gasteiger partial charge on any atom is 0.226 e. The maximum atomic E-state index is 13.6. The van der Waals surface area contributed by atoms with Gasteiger partial charge in [-0.05, 0) is 99.0 Å². The maximum absolute atomic E-state index is 13.6. The van der Waals surface area contributed by atoms with Crippen LogP contribution in [0.1, 0.15) is 83.6 Å². The summed E-state index contributed by atoms with van der Waals surface area (Å²) in [6.45, 7) is 4.97. The SMILES string of the molecule is CC1(C(=O)NC2CCC(CN)CC2)CC2CC(c3ccccc3)(C1)C[C@@](C)(CCF)C2. The number of nitrogens with two attached hydrogens (primary N) is 1. The molecule has 0 aromatic heterocycles. The van der Waals surface area contributed by atoms with Crippen LogP contribution in [0.25, 0.3) is 0 Å². The minimum absolute atomic E-state index is 0.0198. The number of benzene rings is 1. The van der Waals surface area contributed by atoms with E-state index in [0.717, 1.165) is 64.3 Å². The molecule has 0 radical (unpaired) electrons. The van der Waals surface area contributed by atoms with E-state index in [0.29, 0.717) is 24.3 Å². The van der Waals surface area contributed by atoms with Gasteiger partial charge in [0.05, 0.1) is 6.67 Å². The second kappa shape index (κ2) is 8.84. The van der Waals surface area contributed by atoms with Crippen molar-refractivity contribution in [2.24, 2.45) is 28.4 Å². The van der Waals surface area contributed by atoms with Crippen molar-refractivity contribution in [3.63, 3.8) is 0 Å². The van der Waals surface area contributed by atoms with E-state index in [1.54, 1.807) is 0 Å². The van der Waals surface area contributed by atoms with Crippen molar-refractivity contribution in [3.8, 4) is 0 Å². The van der Waals surface area contributed by atoms with Crippen molar-refractivity contribution >= 4 is 5.91 Å². The summed E-state index contributed by atoms with van der Waals surface area (Å²) in [4.78, 5) is 13.6. The molecule has 4 atom stereocenters. The summed E-state index contributed by atoms with van der Waals surface area (Å²) < 4.78 is 13.4. The lowest BCUT2D eigenvalue weighted by atomic mass is 9.47. The van der Waals surface area contributed by atoms with Crippen LogP contribution in [0, 0.1) is 22.7 Å². The first-order chi connectivity index (χ1) is 14.8. The van der Waals surface area contributed by atoms with E-state index in [1.807, 2.05) is 0 Å². The summed E-state index contributed by atoms with van der Waals surface area (Å²) in [7, 11) is 0. The molecule has 3 nitrogen and oxygen atoms in total. The molecule has 3 fully saturated rings. The Morgan fingerprint density at radius 1 is 1.06 bits per heavy atom. The zero-order valence-corrected chi connectivity index (χ0v) is 19.5. The third-order valence-corrected chi connectivity index (χ3v) is 8.84. The number of halogens is 1. The van der Waals surface area contributed by atoms with Crippen LogP contribution in [0.15, 0.2) is 30.3 Å². The highest BCUT2D eigenvalue weighted by atomic mass is 19.1. The molecule has 0 spiro atoms. The van der Waals surface area contributed by atoms with Crippen LogP contribution < -0.4 is 11.1 Å². The molecular weight excluding hydrogens is 387 g/mol. The van der Waals surface area contributed by atoms with Gasteiger partial charge in [-0.15, -0.1) is 0 Å². The summed E-state index contributed by atoms with van der Waals surface area (Å²) in [6, 6.07) is 11.0. The molecule has 2 bridgehead atoms. The Labute approximate surface area is 187 Å². The molecule has 3 aliphatic carbocycles. The Bertz CT molecular complexity index is 762. The lowest BCUT2D eigenvalue weighted by Gasteiger charge is -2.58. The fraction of sp³-hybridized carbons (Fsp3) is 0.741. The Balaban J connectivity index is 1.56. The van der Waals surface area contributed by atoms with Crippen LogP contribution in [0.4, 0.5) is 4.39 Å². The lowest BCUT2D eigenvalue weighted by Crippen LogP contribution is -2.55. The van der Waals surface area contributed by atoms with E-state index in [2.05, 4.69) is 49.5 Å². The van der Waals surface area contributed by atoms with Crippen LogP contribution in [0.5, 0.6) is 0 Å². The average Bonchev–Trinajstić information content (AvgIpc) is 2.74. The molecular formula is C27H41FN2O. The molecule has 0 aliphatic heterocycles. The first kappa shape index (κ1) is 22.8. The third-order valence-electron chi connectivity index (χ3n) is 8.84. The summed E-state index contributed by atoms with van der Waals surface area (Å²) in [5.41, 5.74) is 6.81. The van der Waals surface area contributed by atoms with E-state index in [1.165, 1.54) is 5.56 Å². The number of alkyl halides is 1. The van der Waals surface area contributed by atoms with Crippen molar-refractivity contribution in [3.05, 3.63) is 35.9 Å². The van der Waals surface area contributed by atoms with Crippen molar-refractivity contribution in [1.82, 2.24) is 5.32 Å². The smallest absolute Gasteiger partial charge is 0.226 e. The standard InChI is InChI=1S/C27H41FN2O/c1-25(12-13-28)14-21-15-26(2,24(31)30-23-10-8-20(17-29)9-11-23)19-27(16-21,18-25)22-6-4-3-5-7-22/h3-7,20-21,23H,8-19,29H2,1-2H3,(H,30,31)/t20?,21?,23?,25-,26?,27?/m0/s1. The van der Waals surface area contributed by atoms with Gasteiger partial charge in [0, 0.05) is 11.5 Å². The Morgan fingerprint density at radius 3 is 2.42 bits per heavy atom. The van der Waals surface area contributed by atoms with Gasteiger partial charge in [0.1, 0.15) is 0 Å². The van der Waals surface area contributed by atoms with Crippen LogP contribution in [-0.2, 0) is 10.2 Å². The average molecular weight is 429 g/mol. The molecule has 3 aliphatic rings. The third kappa shape index (κ3) is 4.69. The molecule has 31 heavy (non-hydrogen) atoms. The van der Waals surface area contributed by atoms with Crippen molar-refractivity contribution in [2.45, 2.75) is 89.5 Å². The highest BCUT2D eigenvalue weighted by Gasteiger charge is 2.56. The van der Waals surface area contributed by atoms with Crippen LogP contribution >= 0.6 is 0 Å². The van der Waals surface area contributed by atoms with Gasteiger partial charge in [-0.1, -0.05) is 44.2 Å². The fourth-order valence-corrected chi connectivity index (χ4v) is 7.63. The quantitative estimate of drug-likeness (QED) is 0.626. The molecule has 1 amide bonds. The van der Waals surface area contributed by atoms with E-state index in [-0.39, 0.29) is 28.8 Å². The Hall–Kier alpha value is -1.42. The molecule has 3 saturated carbocycles. The van der Waals surface area contributed by atoms with Gasteiger partial charge in [0.15, 0.2) is 0 Å². The molecule has 172 valence electrons. The summed E-state index contributed by atoms with van der Waals surface area (Å²) in [5.74, 6) is 1.33. The van der Waals surface area contributed by atoms with E-state index in [9.17, 15) is 9.18 Å². The second-order valence-corrected chi connectivity index (χ2v) is 11.7. The first-order valence-corrected chi connectivity index (χ1v) is 12.4. The number of hydrogen-bond acceptors (Lipinski definition) is 2. The Morgan fingerprint density at radius 2 is 1.77 bits per heavy atom. The number of rotatable bonds is 6. The van der Waals surface area contributed by atoms with Gasteiger partial charge >= 0.3 is 0 Å². The predicted octanol–water partition coefficient (Wildman–Crippen LogP) is 5.52. The number of fused-ring (bicyclic) bond motifs is 2. The molecule has 3 N–H and O–H groups in total. The van der Waals surface area contributed by atoms with E-state index >= 15 is 0 Å². The number of hydrogen-bond donors (Lipinski definition) is 2. The van der Waals surface area contributed by atoms with Crippen molar-refractivity contribution in [1.29, 1.82) is 0 Å². The first-order valence-electron chi connectivity index (χ1n) is 12.4. The van der Waals surface area contributed by atoms with E-state index in [4.69, 9.17) is 5.73 Å². The minimum Gasteiger partial charge on any atom is -0.353 e. The summed E-state index contributed by atoms with van der Waals surface area (Å²) in [6.07, 6.45) is 9.91. The molecule has 1 aromatic carbocycles. The zero-order chi connectivity index (χ0) is 22.1. The van der Waals surface area contributed by atoms with Gasteiger partial charge < -0.3 is 11.1 Å². The Kier molecular flexibility index (Phi) is 6.49. The number of carbonyl (C=O) groups excluding carboxylic acids is 1. The molecule has 1 aromatic rings. The number of carbonyl (C=O) groups is 1. The van der Waals surface area contributed by atoms with Gasteiger partial charge in [-0.2, -0.15) is 0 Å². The van der Waals surface area contributed by atoms with Gasteiger partial charge in [-0.3, -0.25) is 9.18 Å². The highest BCUT2D eigenvalue weighted by Crippen LogP contribution is 2.62. The molecule has 4 rings (SSSR count). The minimum atomic E-state index is -0.361. The second-order valence-electron chi connectivity index (χ2n) is 11.7. The summed E-state index contributed by atoms with van der Waals surface area (Å²) >= 11 is 0. The molecule has 3 unspecified atom stereocenters. The predicted molar refractivity (Wildman–Crippen MR) is 124 cm³/mol. The van der Waals surface area contributed by atoms with Crippen LogP contribution in [0.2, 0.25) is 0 Å². The fourth-order valence-electron chi connectivity index (χ4n) is 7.63. The monoisotopic (exact) mass is 428 g/mol.